The third-order valence-electron chi connectivity index (χ3n) is 7.26. The number of pyridine rings is 1. The minimum atomic E-state index is -0.592. The summed E-state index contributed by atoms with van der Waals surface area (Å²) in [7, 11) is 1.60. The van der Waals surface area contributed by atoms with Gasteiger partial charge in [0.1, 0.15) is 17.7 Å². The number of aromatic nitrogens is 1. The van der Waals surface area contributed by atoms with Crippen molar-refractivity contribution < 1.29 is 19.1 Å². The Bertz CT molecular complexity index is 1110. The molecule has 2 aromatic rings. The van der Waals surface area contributed by atoms with Gasteiger partial charge in [-0.2, -0.15) is 0 Å². The number of fused-ring (bicyclic) bond motifs is 1. The zero-order valence-electron chi connectivity index (χ0n) is 18.9. The quantitative estimate of drug-likeness (QED) is 0.720. The van der Waals surface area contributed by atoms with E-state index in [1.807, 2.05) is 43.3 Å². The van der Waals surface area contributed by atoms with Crippen molar-refractivity contribution in [1.29, 1.82) is 0 Å². The number of anilines is 1. The van der Waals surface area contributed by atoms with E-state index in [0.717, 1.165) is 24.0 Å². The van der Waals surface area contributed by atoms with Gasteiger partial charge in [0.05, 0.1) is 24.6 Å². The molecule has 1 aliphatic carbocycles. The maximum atomic E-state index is 13.8. The highest BCUT2D eigenvalue weighted by Gasteiger charge is 2.54. The fourth-order valence-electron chi connectivity index (χ4n) is 5.23. The number of ether oxygens (including phenoxy) is 2. The molecule has 5 unspecified atom stereocenters. The van der Waals surface area contributed by atoms with E-state index in [4.69, 9.17) is 9.47 Å². The first-order valence-electron chi connectivity index (χ1n) is 11.2. The van der Waals surface area contributed by atoms with Crippen LogP contribution < -0.4 is 9.64 Å². The van der Waals surface area contributed by atoms with Gasteiger partial charge in [-0.3, -0.25) is 14.5 Å². The molecule has 32 heavy (non-hydrogen) atoms. The van der Waals surface area contributed by atoms with Crippen LogP contribution in [0.1, 0.15) is 43.9 Å². The van der Waals surface area contributed by atoms with Crippen molar-refractivity contribution >= 4 is 17.5 Å². The Balaban J connectivity index is 1.64. The highest BCUT2D eigenvalue weighted by atomic mass is 16.5. The van der Waals surface area contributed by atoms with Crippen LogP contribution in [-0.4, -0.2) is 29.9 Å². The molecule has 1 saturated carbocycles. The molecule has 2 aliphatic heterocycles. The molecule has 0 radical (unpaired) electrons. The van der Waals surface area contributed by atoms with Gasteiger partial charge in [-0.1, -0.05) is 32.0 Å². The van der Waals surface area contributed by atoms with Crippen molar-refractivity contribution in [3.8, 4) is 5.75 Å². The van der Waals surface area contributed by atoms with Crippen LogP contribution in [0.25, 0.3) is 0 Å². The number of rotatable bonds is 3. The summed E-state index contributed by atoms with van der Waals surface area (Å²) in [5, 5.41) is 0. The normalized spacial score (nSPS) is 29.5. The van der Waals surface area contributed by atoms with Crippen LogP contribution in [0.3, 0.4) is 0 Å². The number of amides is 1. The van der Waals surface area contributed by atoms with Crippen LogP contribution in [-0.2, 0) is 14.3 Å². The first kappa shape index (κ1) is 20.7. The number of aryl methyl sites for hydroxylation is 1. The molecule has 0 bridgehead atoms. The number of methoxy groups -OCH3 is 1. The van der Waals surface area contributed by atoms with Crippen LogP contribution in [0.15, 0.2) is 53.9 Å². The maximum absolute atomic E-state index is 13.8. The fraction of sp³-hybridized carbons (Fsp3) is 0.423. The van der Waals surface area contributed by atoms with Gasteiger partial charge in [-0.05, 0) is 60.9 Å². The van der Waals surface area contributed by atoms with Crippen molar-refractivity contribution in [3.05, 3.63) is 65.1 Å². The average molecular weight is 433 g/mol. The molecule has 166 valence electrons. The molecule has 1 aromatic heterocycles. The summed E-state index contributed by atoms with van der Waals surface area (Å²) in [6.07, 6.45) is 3.06. The Labute approximate surface area is 188 Å². The number of Topliss-reactive ketones (excluding diaryl/α,β-unsaturated/α-hetero) is 1. The lowest BCUT2D eigenvalue weighted by Crippen LogP contribution is -2.43. The summed E-state index contributed by atoms with van der Waals surface area (Å²) in [5.41, 5.74) is 2.25. The summed E-state index contributed by atoms with van der Waals surface area (Å²) < 4.78 is 11.7. The zero-order valence-corrected chi connectivity index (χ0v) is 18.9. The number of benzene rings is 1. The molecule has 6 nitrogen and oxygen atoms in total. The second-order valence-electron chi connectivity index (χ2n) is 9.34. The minimum Gasteiger partial charge on any atom is -0.497 e. The number of hydrogen-bond donors (Lipinski definition) is 0. The third kappa shape index (κ3) is 3.20. The maximum Gasteiger partial charge on any atom is 0.295 e. The van der Waals surface area contributed by atoms with Crippen LogP contribution in [0, 0.1) is 24.7 Å². The van der Waals surface area contributed by atoms with Crippen molar-refractivity contribution in [3.63, 3.8) is 0 Å². The van der Waals surface area contributed by atoms with Gasteiger partial charge in [-0.25, -0.2) is 4.98 Å². The smallest absolute Gasteiger partial charge is 0.295 e. The molecule has 3 heterocycles. The van der Waals surface area contributed by atoms with Gasteiger partial charge in [0.25, 0.3) is 5.91 Å². The molecule has 5 atom stereocenters. The van der Waals surface area contributed by atoms with Gasteiger partial charge in [0.15, 0.2) is 11.5 Å². The van der Waals surface area contributed by atoms with Crippen LogP contribution in [0.5, 0.6) is 5.75 Å². The number of carbonyl (C=O) groups is 2. The summed E-state index contributed by atoms with van der Waals surface area (Å²) in [5.74, 6) is 1.76. The van der Waals surface area contributed by atoms with Gasteiger partial charge in [0, 0.05) is 6.20 Å². The van der Waals surface area contributed by atoms with Crippen LogP contribution in [0.4, 0.5) is 5.82 Å². The summed E-state index contributed by atoms with van der Waals surface area (Å²) >= 11 is 0. The van der Waals surface area contributed by atoms with E-state index < -0.39 is 6.04 Å². The lowest BCUT2D eigenvalue weighted by atomic mass is 9.70. The molecule has 0 N–H and O–H groups in total. The first-order chi connectivity index (χ1) is 15.4. The van der Waals surface area contributed by atoms with E-state index in [1.54, 1.807) is 18.2 Å². The second kappa shape index (κ2) is 7.76. The monoisotopic (exact) mass is 432 g/mol. The minimum absolute atomic E-state index is 0.0331. The average Bonchev–Trinajstić information content (AvgIpc) is 3.08. The van der Waals surface area contributed by atoms with Crippen LogP contribution in [0.2, 0.25) is 0 Å². The predicted octanol–water partition coefficient (Wildman–Crippen LogP) is 4.39. The Morgan fingerprint density at radius 3 is 2.59 bits per heavy atom. The second-order valence-corrected chi connectivity index (χ2v) is 9.34. The topological polar surface area (TPSA) is 68.7 Å². The van der Waals surface area contributed by atoms with Gasteiger partial charge >= 0.3 is 0 Å². The molecule has 3 aliphatic rings. The molecular weight excluding hydrogens is 404 g/mol. The largest absolute Gasteiger partial charge is 0.497 e. The number of carbonyl (C=O) groups excluding carboxylic acids is 2. The molecule has 1 fully saturated rings. The highest BCUT2D eigenvalue weighted by molar-refractivity contribution is 6.17. The summed E-state index contributed by atoms with van der Waals surface area (Å²) in [6, 6.07) is 10.7. The SMILES string of the molecule is COc1cccc(C2C3=C(OC4CC(C)C(C)CC4C3=O)C(=O)N2c2ccc(C)cn2)c1. The van der Waals surface area contributed by atoms with E-state index in [9.17, 15) is 9.59 Å². The predicted molar refractivity (Wildman–Crippen MR) is 120 cm³/mol. The van der Waals surface area contributed by atoms with E-state index >= 15 is 0 Å². The van der Waals surface area contributed by atoms with E-state index in [2.05, 4.69) is 18.8 Å². The van der Waals surface area contributed by atoms with Crippen molar-refractivity contribution in [1.82, 2.24) is 4.98 Å². The standard InChI is InChI=1S/C26H28N2O4/c1-14-8-9-21(27-13-14)28-23(17-6-5-7-18(12-17)31-4)22-24(29)19-10-15(2)16(3)11-20(19)32-25(22)26(28)30/h5-9,12-13,15-16,19-20,23H,10-11H2,1-4H3. The number of ketones is 1. The van der Waals surface area contributed by atoms with Gasteiger partial charge in [0.2, 0.25) is 0 Å². The Morgan fingerprint density at radius 1 is 1.09 bits per heavy atom. The van der Waals surface area contributed by atoms with Crippen molar-refractivity contribution in [2.24, 2.45) is 17.8 Å². The molecule has 5 rings (SSSR count). The molecule has 0 spiro atoms. The van der Waals surface area contributed by atoms with Crippen molar-refractivity contribution in [2.45, 2.75) is 45.8 Å². The molecule has 0 saturated heterocycles. The Kier molecular flexibility index (Phi) is 5.03. The molecule has 6 heteroatoms. The first-order valence-corrected chi connectivity index (χ1v) is 11.2. The zero-order chi connectivity index (χ0) is 22.6. The summed E-state index contributed by atoms with van der Waals surface area (Å²) in [4.78, 5) is 33.6. The van der Waals surface area contributed by atoms with Gasteiger partial charge in [-0.15, -0.1) is 0 Å². The molecular formula is C26H28N2O4. The third-order valence-corrected chi connectivity index (χ3v) is 7.26. The van der Waals surface area contributed by atoms with E-state index in [-0.39, 0.29) is 29.5 Å². The summed E-state index contributed by atoms with van der Waals surface area (Å²) in [6.45, 7) is 6.33. The van der Waals surface area contributed by atoms with Crippen LogP contribution >= 0.6 is 0 Å². The Hall–Kier alpha value is -3.15. The molecule has 1 amide bonds. The number of nitrogens with zero attached hydrogens (tertiary/aromatic N) is 2. The van der Waals surface area contributed by atoms with Gasteiger partial charge < -0.3 is 9.47 Å². The Morgan fingerprint density at radius 2 is 1.88 bits per heavy atom. The lowest BCUT2D eigenvalue weighted by Gasteiger charge is -2.40. The van der Waals surface area contributed by atoms with Crippen molar-refractivity contribution in [2.75, 3.05) is 12.0 Å². The van der Waals surface area contributed by atoms with E-state index in [1.165, 1.54) is 0 Å². The number of hydrogen-bond acceptors (Lipinski definition) is 5. The lowest BCUT2D eigenvalue weighted by molar-refractivity contribution is -0.134. The fourth-order valence-corrected chi connectivity index (χ4v) is 5.23. The highest BCUT2D eigenvalue weighted by Crippen LogP contribution is 2.49. The molecule has 1 aromatic carbocycles. The van der Waals surface area contributed by atoms with E-state index in [0.29, 0.717) is 29.0 Å².